The topological polar surface area (TPSA) is 62.7 Å². The maximum Gasteiger partial charge on any atom is 0.414 e. The van der Waals surface area contributed by atoms with Gasteiger partial charge in [0.05, 0.1) is 11.7 Å². The lowest BCUT2D eigenvalue weighted by atomic mass is 10.0. The van der Waals surface area contributed by atoms with Gasteiger partial charge in [-0.05, 0) is 36.2 Å². The first kappa shape index (κ1) is 15.6. The van der Waals surface area contributed by atoms with Gasteiger partial charge < -0.3 is 9.64 Å². The Morgan fingerprint density at radius 1 is 1.28 bits per heavy atom. The van der Waals surface area contributed by atoms with E-state index in [9.17, 15) is 14.0 Å². The number of anilines is 1. The van der Waals surface area contributed by atoms with Crippen molar-refractivity contribution in [2.75, 3.05) is 18.1 Å². The molecule has 0 aliphatic carbocycles. The smallest absolute Gasteiger partial charge is 0.414 e. The molecule has 128 valence electrons. The van der Waals surface area contributed by atoms with E-state index in [1.807, 2.05) is 0 Å². The highest BCUT2D eigenvalue weighted by molar-refractivity contribution is 5.94. The maximum atomic E-state index is 13.8. The zero-order valence-electron chi connectivity index (χ0n) is 13.4. The van der Waals surface area contributed by atoms with Crippen molar-refractivity contribution in [3.63, 3.8) is 0 Å². The Morgan fingerprint density at radius 3 is 2.96 bits per heavy atom. The molecule has 7 heteroatoms. The number of fused-ring (bicyclic) bond motifs is 3. The number of nitrogens with zero attached hydrogens (tertiary/aromatic N) is 3. The number of rotatable bonds is 1. The van der Waals surface area contributed by atoms with E-state index >= 15 is 0 Å². The van der Waals surface area contributed by atoms with Crippen LogP contribution in [-0.2, 0) is 11.3 Å². The molecular weight excluding hydrogens is 325 g/mol. The van der Waals surface area contributed by atoms with Crippen LogP contribution in [0.5, 0.6) is 0 Å². The van der Waals surface area contributed by atoms with Crippen LogP contribution in [0.4, 0.5) is 14.9 Å². The third kappa shape index (κ3) is 2.82. The number of halogens is 1. The third-order valence-electron chi connectivity index (χ3n) is 4.53. The molecule has 2 aliphatic heterocycles. The monoisotopic (exact) mass is 341 g/mol. The summed E-state index contributed by atoms with van der Waals surface area (Å²) in [5.41, 5.74) is 1.53. The lowest BCUT2D eigenvalue weighted by Crippen LogP contribution is -2.42. The molecule has 4 rings (SSSR count). The molecule has 0 bridgehead atoms. The molecule has 1 unspecified atom stereocenters. The first-order chi connectivity index (χ1) is 12.1. The molecule has 6 nitrogen and oxygen atoms in total. The number of amides is 2. The van der Waals surface area contributed by atoms with E-state index in [0.29, 0.717) is 29.9 Å². The van der Waals surface area contributed by atoms with Gasteiger partial charge >= 0.3 is 6.09 Å². The van der Waals surface area contributed by atoms with Gasteiger partial charge in [0.15, 0.2) is 0 Å². The van der Waals surface area contributed by atoms with Crippen molar-refractivity contribution in [1.82, 2.24) is 9.88 Å². The van der Waals surface area contributed by atoms with Crippen LogP contribution < -0.4 is 4.90 Å². The highest BCUT2D eigenvalue weighted by atomic mass is 19.1. The Morgan fingerprint density at radius 2 is 2.16 bits per heavy atom. The summed E-state index contributed by atoms with van der Waals surface area (Å²) in [5, 5.41) is 0. The van der Waals surface area contributed by atoms with Crippen molar-refractivity contribution in [3.8, 4) is 0 Å². The van der Waals surface area contributed by atoms with Gasteiger partial charge in [-0.25, -0.2) is 9.18 Å². The summed E-state index contributed by atoms with van der Waals surface area (Å²) in [5.74, 6) is -0.616. The molecule has 25 heavy (non-hydrogen) atoms. The lowest BCUT2D eigenvalue weighted by Gasteiger charge is -2.32. The normalized spacial score (nSPS) is 19.6. The SMILES string of the molecule is O=C(c1ccccn1)N1CCC2COC(=O)N2c2cc(F)ccc2C1. The van der Waals surface area contributed by atoms with E-state index in [1.54, 1.807) is 35.4 Å². The van der Waals surface area contributed by atoms with Crippen molar-refractivity contribution in [1.29, 1.82) is 0 Å². The first-order valence-corrected chi connectivity index (χ1v) is 8.08. The first-order valence-electron chi connectivity index (χ1n) is 8.08. The van der Waals surface area contributed by atoms with Crippen LogP contribution in [-0.4, -0.2) is 41.1 Å². The number of benzene rings is 1. The fourth-order valence-electron chi connectivity index (χ4n) is 3.28. The second-order valence-corrected chi connectivity index (χ2v) is 6.10. The van der Waals surface area contributed by atoms with Crippen LogP contribution in [0.3, 0.4) is 0 Å². The zero-order valence-corrected chi connectivity index (χ0v) is 13.4. The Kier molecular flexibility index (Phi) is 3.83. The molecule has 0 spiro atoms. The number of aromatic nitrogens is 1. The summed E-state index contributed by atoms with van der Waals surface area (Å²) in [4.78, 5) is 32.1. The zero-order chi connectivity index (χ0) is 17.4. The molecule has 2 aliphatic rings. The predicted molar refractivity (Wildman–Crippen MR) is 87.6 cm³/mol. The van der Waals surface area contributed by atoms with Crippen LogP contribution in [0.2, 0.25) is 0 Å². The fourth-order valence-corrected chi connectivity index (χ4v) is 3.28. The molecule has 2 amide bonds. The molecule has 0 saturated carbocycles. The summed E-state index contributed by atoms with van der Waals surface area (Å²) < 4.78 is 18.9. The van der Waals surface area contributed by atoms with Crippen LogP contribution in [0.1, 0.15) is 22.5 Å². The number of carbonyl (C=O) groups excluding carboxylic acids is 2. The fraction of sp³-hybridized carbons (Fsp3) is 0.278. The van der Waals surface area contributed by atoms with Gasteiger partial charge in [-0.15, -0.1) is 0 Å². The van der Waals surface area contributed by atoms with Gasteiger partial charge in [-0.2, -0.15) is 0 Å². The molecule has 1 aromatic carbocycles. The maximum absolute atomic E-state index is 13.8. The van der Waals surface area contributed by atoms with Crippen LogP contribution >= 0.6 is 0 Å². The summed E-state index contributed by atoms with van der Waals surface area (Å²) in [7, 11) is 0. The van der Waals surface area contributed by atoms with E-state index in [2.05, 4.69) is 4.98 Å². The van der Waals surface area contributed by atoms with Crippen LogP contribution in [0.15, 0.2) is 42.6 Å². The van der Waals surface area contributed by atoms with Gasteiger partial charge in [-0.3, -0.25) is 14.7 Å². The second kappa shape index (κ2) is 6.16. The Balaban J connectivity index is 1.72. The van der Waals surface area contributed by atoms with E-state index < -0.39 is 11.9 Å². The molecule has 2 aromatic rings. The van der Waals surface area contributed by atoms with Crippen molar-refractivity contribution in [2.24, 2.45) is 0 Å². The average molecular weight is 341 g/mol. The summed E-state index contributed by atoms with van der Waals surface area (Å²) >= 11 is 0. The van der Waals surface area contributed by atoms with Crippen molar-refractivity contribution < 1.29 is 18.7 Å². The van der Waals surface area contributed by atoms with Crippen molar-refractivity contribution >= 4 is 17.7 Å². The Bertz CT molecular complexity index is 828. The molecule has 1 saturated heterocycles. The number of hydrogen-bond donors (Lipinski definition) is 0. The average Bonchev–Trinajstić information content (AvgIpc) is 2.98. The molecule has 1 fully saturated rings. The minimum Gasteiger partial charge on any atom is -0.447 e. The highest BCUT2D eigenvalue weighted by Gasteiger charge is 2.38. The predicted octanol–water partition coefficient (Wildman–Crippen LogP) is 2.59. The van der Waals surface area contributed by atoms with Crippen molar-refractivity contribution in [2.45, 2.75) is 19.0 Å². The second-order valence-electron chi connectivity index (χ2n) is 6.10. The molecule has 0 N–H and O–H groups in total. The summed E-state index contributed by atoms with van der Waals surface area (Å²) in [6, 6.07) is 9.23. The summed E-state index contributed by atoms with van der Waals surface area (Å²) in [6.45, 7) is 0.978. The number of cyclic esters (lactones) is 1. The van der Waals surface area contributed by atoms with E-state index in [4.69, 9.17) is 4.74 Å². The molecule has 1 atom stereocenters. The number of ether oxygens (including phenoxy) is 1. The number of carbonyl (C=O) groups is 2. The molecule has 3 heterocycles. The van der Waals surface area contributed by atoms with E-state index in [-0.39, 0.29) is 25.1 Å². The number of pyridine rings is 1. The third-order valence-corrected chi connectivity index (χ3v) is 4.53. The minimum absolute atomic E-state index is 0.186. The largest absolute Gasteiger partial charge is 0.447 e. The standard InChI is InChI=1S/C18H16FN3O3/c19-13-5-4-12-10-21(17(23)15-3-1-2-7-20-15)8-6-14-11-25-18(24)22(14)16(12)9-13/h1-5,7,9,14H,6,8,10-11H2. The van der Waals surface area contributed by atoms with Gasteiger partial charge in [0.1, 0.15) is 18.1 Å². The van der Waals surface area contributed by atoms with E-state index in [1.165, 1.54) is 17.0 Å². The molecular formula is C18H16FN3O3. The van der Waals surface area contributed by atoms with Gasteiger partial charge in [0.25, 0.3) is 5.91 Å². The number of hydrogen-bond acceptors (Lipinski definition) is 4. The van der Waals surface area contributed by atoms with Crippen LogP contribution in [0.25, 0.3) is 0 Å². The Hall–Kier alpha value is -2.96. The molecule has 1 aromatic heterocycles. The highest BCUT2D eigenvalue weighted by Crippen LogP contribution is 2.32. The lowest BCUT2D eigenvalue weighted by molar-refractivity contribution is 0.0728. The van der Waals surface area contributed by atoms with Crippen LogP contribution in [0, 0.1) is 5.82 Å². The van der Waals surface area contributed by atoms with Gasteiger partial charge in [0.2, 0.25) is 0 Å². The quantitative estimate of drug-likeness (QED) is 0.800. The van der Waals surface area contributed by atoms with Gasteiger partial charge in [-0.1, -0.05) is 12.1 Å². The van der Waals surface area contributed by atoms with E-state index in [0.717, 1.165) is 0 Å². The Labute approximate surface area is 143 Å². The van der Waals surface area contributed by atoms with Crippen molar-refractivity contribution in [3.05, 3.63) is 59.7 Å². The van der Waals surface area contributed by atoms with Gasteiger partial charge in [0, 0.05) is 19.3 Å². The minimum atomic E-state index is -0.471. The molecule has 0 radical (unpaired) electrons. The summed E-state index contributed by atoms with van der Waals surface area (Å²) in [6.07, 6.45) is 1.66.